The highest BCUT2D eigenvalue weighted by atomic mass is 19.1. The van der Waals surface area contributed by atoms with Gasteiger partial charge in [-0.1, -0.05) is 18.2 Å². The van der Waals surface area contributed by atoms with Crippen LogP contribution < -0.4 is 5.32 Å². The zero-order valence-corrected chi connectivity index (χ0v) is 24.6. The SMILES string of the molecule is CCn1ncc(CN(Cc2ccccc2F)C2CC(C)(C)NC(C)(C)C2)c1C.O=C(O)CC(O)(CC(=O)O)C(=O)O. The van der Waals surface area contributed by atoms with Crippen molar-refractivity contribution in [3.05, 3.63) is 53.1 Å². The molecule has 0 radical (unpaired) electrons. The van der Waals surface area contributed by atoms with Crippen LogP contribution in [0.1, 0.15) is 77.1 Å². The number of hydrogen-bond acceptors (Lipinski definition) is 7. The van der Waals surface area contributed by atoms with Crippen molar-refractivity contribution in [3.8, 4) is 0 Å². The molecule has 0 bridgehead atoms. The van der Waals surface area contributed by atoms with E-state index in [-0.39, 0.29) is 16.9 Å². The van der Waals surface area contributed by atoms with Gasteiger partial charge in [-0.25, -0.2) is 9.18 Å². The molecule has 1 aromatic heterocycles. The van der Waals surface area contributed by atoms with E-state index in [1.807, 2.05) is 23.0 Å². The molecule has 0 spiro atoms. The molecule has 1 fully saturated rings. The first kappa shape index (κ1) is 33.9. The Bertz CT molecular complexity index is 1200. The van der Waals surface area contributed by atoms with E-state index in [2.05, 4.69) is 56.9 Å². The third kappa shape index (κ3) is 9.91. The van der Waals surface area contributed by atoms with E-state index in [4.69, 9.17) is 20.4 Å². The number of carboxylic acids is 3. The van der Waals surface area contributed by atoms with Gasteiger partial charge >= 0.3 is 17.9 Å². The summed E-state index contributed by atoms with van der Waals surface area (Å²) in [5.41, 5.74) is 0.543. The molecule has 5 N–H and O–H groups in total. The second-order valence-electron chi connectivity index (χ2n) is 12.0. The molecule has 2 heterocycles. The Morgan fingerprint density at radius 2 is 1.54 bits per heavy atom. The summed E-state index contributed by atoms with van der Waals surface area (Å²) < 4.78 is 16.5. The van der Waals surface area contributed by atoms with Gasteiger partial charge in [0.05, 0.1) is 19.0 Å². The highest BCUT2D eigenvalue weighted by Crippen LogP contribution is 2.33. The molecule has 0 unspecified atom stereocenters. The van der Waals surface area contributed by atoms with E-state index < -0.39 is 36.4 Å². The molecule has 11 nitrogen and oxygen atoms in total. The van der Waals surface area contributed by atoms with Crippen LogP contribution in [0.25, 0.3) is 0 Å². The zero-order chi connectivity index (χ0) is 31.2. The van der Waals surface area contributed by atoms with Crippen LogP contribution in [0.3, 0.4) is 0 Å². The van der Waals surface area contributed by atoms with Gasteiger partial charge in [0.15, 0.2) is 5.60 Å². The van der Waals surface area contributed by atoms with Crippen LogP contribution in [0.15, 0.2) is 30.5 Å². The molecular formula is C29H43FN4O7. The Hall–Kier alpha value is -3.35. The minimum Gasteiger partial charge on any atom is -0.481 e. The maximum Gasteiger partial charge on any atom is 0.336 e. The lowest BCUT2D eigenvalue weighted by atomic mass is 9.78. The third-order valence-corrected chi connectivity index (χ3v) is 7.18. The standard InChI is InChI=1S/C23H35FN4.C6H8O7/c1-7-28-17(2)19(14-25-28)16-27(15-18-10-8-9-11-21(18)24)20-12-22(3,4)26-23(5,6)13-20;7-3(8)1-6(13,5(11)12)2-4(9)10/h8-11,14,20,26H,7,12-13,15-16H2,1-6H3;13H,1-2H2,(H,7,8)(H,9,10)(H,11,12). The highest BCUT2D eigenvalue weighted by molar-refractivity contribution is 5.88. The monoisotopic (exact) mass is 578 g/mol. The predicted octanol–water partition coefficient (Wildman–Crippen LogP) is 3.41. The van der Waals surface area contributed by atoms with Gasteiger partial charge in [0.25, 0.3) is 0 Å². The maximum absolute atomic E-state index is 14.4. The molecule has 3 rings (SSSR count). The highest BCUT2D eigenvalue weighted by Gasteiger charge is 2.41. The van der Waals surface area contributed by atoms with Crippen molar-refractivity contribution < 1.29 is 39.2 Å². The molecule has 228 valence electrons. The molecule has 41 heavy (non-hydrogen) atoms. The number of piperidine rings is 1. The summed E-state index contributed by atoms with van der Waals surface area (Å²) in [5.74, 6) is -5.14. The molecule has 0 aliphatic carbocycles. The zero-order valence-electron chi connectivity index (χ0n) is 24.6. The smallest absolute Gasteiger partial charge is 0.336 e. The number of nitrogens with one attached hydrogen (secondary N) is 1. The first-order valence-electron chi connectivity index (χ1n) is 13.6. The van der Waals surface area contributed by atoms with Crippen molar-refractivity contribution in [3.63, 3.8) is 0 Å². The summed E-state index contributed by atoms with van der Waals surface area (Å²) in [6.07, 6.45) is 1.76. The molecule has 1 aliphatic rings. The first-order valence-corrected chi connectivity index (χ1v) is 13.6. The maximum atomic E-state index is 14.4. The molecule has 1 aliphatic heterocycles. The topological polar surface area (TPSA) is 165 Å². The Labute approximate surface area is 240 Å². The quantitative estimate of drug-likeness (QED) is 0.267. The fourth-order valence-electron chi connectivity index (χ4n) is 5.58. The Kier molecular flexibility index (Phi) is 11.2. The number of halogens is 1. The second kappa shape index (κ2) is 13.5. The second-order valence-corrected chi connectivity index (χ2v) is 12.0. The van der Waals surface area contributed by atoms with Crippen LogP contribution in [-0.2, 0) is 34.0 Å². The minimum atomic E-state index is -2.74. The first-order chi connectivity index (χ1) is 18.9. The van der Waals surface area contributed by atoms with Gasteiger partial charge in [0.2, 0.25) is 0 Å². The molecule has 0 amide bonds. The van der Waals surface area contributed by atoms with Crippen molar-refractivity contribution in [2.24, 2.45) is 0 Å². The van der Waals surface area contributed by atoms with Crippen molar-refractivity contribution in [2.75, 3.05) is 0 Å². The average Bonchev–Trinajstić information content (AvgIpc) is 3.16. The molecule has 1 saturated heterocycles. The fourth-order valence-corrected chi connectivity index (χ4v) is 5.58. The van der Waals surface area contributed by atoms with Gasteiger partial charge in [-0.15, -0.1) is 0 Å². The molecule has 0 atom stereocenters. The normalized spacial score (nSPS) is 16.6. The van der Waals surface area contributed by atoms with Crippen LogP contribution in [-0.4, -0.2) is 75.7 Å². The number of aliphatic hydroxyl groups is 1. The summed E-state index contributed by atoms with van der Waals surface area (Å²) in [6.45, 7) is 15.6. The molecule has 12 heteroatoms. The number of aryl methyl sites for hydroxylation is 1. The van der Waals surface area contributed by atoms with Crippen molar-refractivity contribution in [1.29, 1.82) is 0 Å². The number of carboxylic acid groups (broad SMARTS) is 3. The lowest BCUT2D eigenvalue weighted by Gasteiger charge is -2.49. The van der Waals surface area contributed by atoms with Crippen LogP contribution in [0.5, 0.6) is 0 Å². The Balaban J connectivity index is 0.000000383. The number of nitrogens with zero attached hydrogens (tertiary/aromatic N) is 3. The van der Waals surface area contributed by atoms with E-state index >= 15 is 0 Å². The van der Waals surface area contributed by atoms with Gasteiger partial charge in [-0.3, -0.25) is 19.2 Å². The predicted molar refractivity (Wildman–Crippen MR) is 150 cm³/mol. The summed E-state index contributed by atoms with van der Waals surface area (Å²) in [4.78, 5) is 32.9. The summed E-state index contributed by atoms with van der Waals surface area (Å²) in [5, 5.41) is 42.1. The number of aromatic nitrogens is 2. The van der Waals surface area contributed by atoms with Crippen LogP contribution in [0.2, 0.25) is 0 Å². The lowest BCUT2D eigenvalue weighted by molar-refractivity contribution is -0.170. The van der Waals surface area contributed by atoms with Crippen molar-refractivity contribution in [2.45, 2.75) is 110 Å². The molecular weight excluding hydrogens is 535 g/mol. The Morgan fingerprint density at radius 1 is 1.02 bits per heavy atom. The summed E-state index contributed by atoms with van der Waals surface area (Å²) in [7, 11) is 0. The largest absolute Gasteiger partial charge is 0.481 e. The van der Waals surface area contributed by atoms with Crippen LogP contribution in [0, 0.1) is 12.7 Å². The number of carbonyl (C=O) groups is 3. The van der Waals surface area contributed by atoms with Gasteiger partial charge < -0.3 is 25.7 Å². The average molecular weight is 579 g/mol. The number of hydrogen-bond donors (Lipinski definition) is 5. The Morgan fingerprint density at radius 3 is 1.98 bits per heavy atom. The van der Waals surface area contributed by atoms with E-state index in [9.17, 15) is 18.8 Å². The van der Waals surface area contributed by atoms with E-state index in [1.165, 1.54) is 11.3 Å². The van der Waals surface area contributed by atoms with Crippen molar-refractivity contribution in [1.82, 2.24) is 20.0 Å². The van der Waals surface area contributed by atoms with Gasteiger partial charge in [-0.05, 0) is 60.5 Å². The fraction of sp³-hybridized carbons (Fsp3) is 0.586. The van der Waals surface area contributed by atoms with E-state index in [0.717, 1.165) is 31.5 Å². The van der Waals surface area contributed by atoms with E-state index in [0.29, 0.717) is 12.6 Å². The number of rotatable bonds is 11. The number of aliphatic carboxylic acids is 3. The summed E-state index contributed by atoms with van der Waals surface area (Å²) >= 11 is 0. The lowest BCUT2D eigenvalue weighted by Crippen LogP contribution is -2.62. The number of benzene rings is 1. The van der Waals surface area contributed by atoms with Gasteiger partial charge in [0, 0.05) is 53.6 Å². The molecule has 1 aromatic carbocycles. The third-order valence-electron chi connectivity index (χ3n) is 7.18. The van der Waals surface area contributed by atoms with Crippen LogP contribution in [0.4, 0.5) is 4.39 Å². The summed E-state index contributed by atoms with van der Waals surface area (Å²) in [6, 6.07) is 7.52. The molecule has 2 aromatic rings. The molecule has 0 saturated carbocycles. The van der Waals surface area contributed by atoms with Gasteiger partial charge in [-0.2, -0.15) is 5.10 Å². The van der Waals surface area contributed by atoms with Gasteiger partial charge in [0.1, 0.15) is 5.82 Å². The minimum absolute atomic E-state index is 0.0442. The van der Waals surface area contributed by atoms with E-state index in [1.54, 1.807) is 12.1 Å². The van der Waals surface area contributed by atoms with Crippen molar-refractivity contribution >= 4 is 17.9 Å². The van der Waals surface area contributed by atoms with Crippen LogP contribution >= 0.6 is 0 Å².